The number of benzene rings is 1. The second kappa shape index (κ2) is 4.93. The standard InChI is InChI=1S/C13H14N2O2/c1-17-13(16)11(14)7-9-6-10-4-2-3-5-12(10)15-8-9/h2-6,8,11H,7,14H2,1H3/t11-/m1/s1. The summed E-state index contributed by atoms with van der Waals surface area (Å²) in [5.74, 6) is -0.404. The summed E-state index contributed by atoms with van der Waals surface area (Å²) in [4.78, 5) is 15.5. The number of esters is 1. The Kier molecular flexibility index (Phi) is 3.35. The Labute approximate surface area is 99.4 Å². The van der Waals surface area contributed by atoms with Gasteiger partial charge in [0, 0.05) is 11.6 Å². The van der Waals surface area contributed by atoms with Crippen molar-refractivity contribution < 1.29 is 9.53 Å². The number of carbonyl (C=O) groups is 1. The normalized spacial score (nSPS) is 12.4. The van der Waals surface area contributed by atoms with Gasteiger partial charge in [0.15, 0.2) is 0 Å². The number of methoxy groups -OCH3 is 1. The van der Waals surface area contributed by atoms with Gasteiger partial charge in [0.1, 0.15) is 6.04 Å². The average molecular weight is 230 g/mol. The number of carbonyl (C=O) groups excluding carboxylic acids is 1. The zero-order valence-corrected chi connectivity index (χ0v) is 9.59. The van der Waals surface area contributed by atoms with Crippen molar-refractivity contribution in [2.45, 2.75) is 12.5 Å². The Morgan fingerprint density at radius 3 is 3.00 bits per heavy atom. The van der Waals surface area contributed by atoms with Gasteiger partial charge in [-0.1, -0.05) is 18.2 Å². The Balaban J connectivity index is 2.22. The molecule has 0 spiro atoms. The Morgan fingerprint density at radius 1 is 1.47 bits per heavy atom. The molecule has 17 heavy (non-hydrogen) atoms. The molecule has 0 radical (unpaired) electrons. The third-order valence-electron chi connectivity index (χ3n) is 2.61. The minimum atomic E-state index is -0.636. The number of nitrogens with zero attached hydrogens (tertiary/aromatic N) is 1. The van der Waals surface area contributed by atoms with E-state index >= 15 is 0 Å². The van der Waals surface area contributed by atoms with E-state index in [4.69, 9.17) is 5.73 Å². The fourth-order valence-electron chi connectivity index (χ4n) is 1.72. The molecule has 0 aliphatic carbocycles. The summed E-state index contributed by atoms with van der Waals surface area (Å²) in [5, 5.41) is 1.04. The van der Waals surface area contributed by atoms with Crippen LogP contribution in [-0.4, -0.2) is 24.1 Å². The minimum Gasteiger partial charge on any atom is -0.468 e. The van der Waals surface area contributed by atoms with Crippen molar-refractivity contribution in [3.05, 3.63) is 42.1 Å². The number of pyridine rings is 1. The smallest absolute Gasteiger partial charge is 0.322 e. The van der Waals surface area contributed by atoms with Crippen LogP contribution in [0, 0.1) is 0 Å². The molecular formula is C13H14N2O2. The zero-order valence-electron chi connectivity index (χ0n) is 9.59. The second-order valence-corrected chi connectivity index (χ2v) is 3.87. The maximum atomic E-state index is 11.2. The third-order valence-corrected chi connectivity index (χ3v) is 2.61. The summed E-state index contributed by atoms with van der Waals surface area (Å²) < 4.78 is 4.59. The van der Waals surface area contributed by atoms with Crippen molar-refractivity contribution in [3.8, 4) is 0 Å². The molecule has 0 aliphatic rings. The number of fused-ring (bicyclic) bond motifs is 1. The number of hydrogen-bond acceptors (Lipinski definition) is 4. The van der Waals surface area contributed by atoms with E-state index in [2.05, 4.69) is 9.72 Å². The summed E-state index contributed by atoms with van der Waals surface area (Å²) >= 11 is 0. The van der Waals surface area contributed by atoms with Gasteiger partial charge in [-0.05, 0) is 24.1 Å². The van der Waals surface area contributed by atoms with E-state index in [1.54, 1.807) is 6.20 Å². The van der Waals surface area contributed by atoms with E-state index in [0.29, 0.717) is 6.42 Å². The predicted molar refractivity (Wildman–Crippen MR) is 65.4 cm³/mol. The van der Waals surface area contributed by atoms with Gasteiger partial charge in [-0.3, -0.25) is 9.78 Å². The Morgan fingerprint density at radius 2 is 2.24 bits per heavy atom. The molecule has 1 atom stereocenters. The molecule has 0 aliphatic heterocycles. The van der Waals surface area contributed by atoms with Crippen molar-refractivity contribution in [1.82, 2.24) is 4.98 Å². The maximum absolute atomic E-state index is 11.2. The van der Waals surface area contributed by atoms with Crippen molar-refractivity contribution in [3.63, 3.8) is 0 Å². The molecule has 0 unspecified atom stereocenters. The molecule has 0 saturated heterocycles. The van der Waals surface area contributed by atoms with Gasteiger partial charge in [-0.15, -0.1) is 0 Å². The van der Waals surface area contributed by atoms with Gasteiger partial charge < -0.3 is 10.5 Å². The lowest BCUT2D eigenvalue weighted by Crippen LogP contribution is -2.33. The highest BCUT2D eigenvalue weighted by atomic mass is 16.5. The second-order valence-electron chi connectivity index (χ2n) is 3.87. The fraction of sp³-hybridized carbons (Fsp3) is 0.231. The number of ether oxygens (including phenoxy) is 1. The van der Waals surface area contributed by atoms with Gasteiger partial charge in [0.25, 0.3) is 0 Å². The van der Waals surface area contributed by atoms with Gasteiger partial charge in [0.05, 0.1) is 12.6 Å². The first-order valence-electron chi connectivity index (χ1n) is 5.38. The lowest BCUT2D eigenvalue weighted by Gasteiger charge is -2.09. The molecule has 0 saturated carbocycles. The predicted octanol–water partition coefficient (Wildman–Crippen LogP) is 1.28. The minimum absolute atomic E-state index is 0.404. The van der Waals surface area contributed by atoms with E-state index in [1.807, 2.05) is 30.3 Å². The number of rotatable bonds is 3. The molecule has 2 rings (SSSR count). The van der Waals surface area contributed by atoms with Gasteiger partial charge >= 0.3 is 5.97 Å². The largest absolute Gasteiger partial charge is 0.468 e. The van der Waals surface area contributed by atoms with Crippen LogP contribution in [0.15, 0.2) is 36.5 Å². The van der Waals surface area contributed by atoms with Crippen molar-refractivity contribution in [2.24, 2.45) is 5.73 Å². The number of aromatic nitrogens is 1. The molecular weight excluding hydrogens is 216 g/mol. The number of nitrogens with two attached hydrogens (primary N) is 1. The number of hydrogen-bond donors (Lipinski definition) is 1. The van der Waals surface area contributed by atoms with Gasteiger partial charge in [-0.25, -0.2) is 0 Å². The summed E-state index contributed by atoms with van der Waals surface area (Å²) in [7, 11) is 1.33. The summed E-state index contributed by atoms with van der Waals surface area (Å²) in [6.07, 6.45) is 2.18. The van der Waals surface area contributed by atoms with E-state index in [0.717, 1.165) is 16.5 Å². The van der Waals surface area contributed by atoms with Crippen LogP contribution >= 0.6 is 0 Å². The van der Waals surface area contributed by atoms with Crippen molar-refractivity contribution >= 4 is 16.9 Å². The third kappa shape index (κ3) is 2.60. The molecule has 2 N–H and O–H groups in total. The molecule has 2 aromatic rings. The topological polar surface area (TPSA) is 65.2 Å². The molecule has 1 heterocycles. The Hall–Kier alpha value is -1.94. The fourth-order valence-corrected chi connectivity index (χ4v) is 1.72. The molecule has 1 aromatic carbocycles. The van der Waals surface area contributed by atoms with Crippen LogP contribution in [0.2, 0.25) is 0 Å². The average Bonchev–Trinajstić information content (AvgIpc) is 2.37. The molecule has 4 heteroatoms. The molecule has 0 amide bonds. The highest BCUT2D eigenvalue weighted by molar-refractivity contribution is 5.79. The SMILES string of the molecule is COC(=O)[C@H](N)Cc1cnc2ccccc2c1. The summed E-state index contributed by atoms with van der Waals surface area (Å²) in [6.45, 7) is 0. The summed E-state index contributed by atoms with van der Waals surface area (Å²) in [6, 6.07) is 9.17. The van der Waals surface area contributed by atoms with Crippen LogP contribution in [0.3, 0.4) is 0 Å². The first-order valence-corrected chi connectivity index (χ1v) is 5.38. The lowest BCUT2D eigenvalue weighted by atomic mass is 10.1. The van der Waals surface area contributed by atoms with Gasteiger partial charge in [-0.2, -0.15) is 0 Å². The Bertz CT molecular complexity index is 540. The monoisotopic (exact) mass is 230 g/mol. The maximum Gasteiger partial charge on any atom is 0.322 e. The van der Waals surface area contributed by atoms with Gasteiger partial charge in [0.2, 0.25) is 0 Å². The molecule has 1 aromatic heterocycles. The van der Waals surface area contributed by atoms with Crippen LogP contribution in [0.4, 0.5) is 0 Å². The highest BCUT2D eigenvalue weighted by Gasteiger charge is 2.14. The molecule has 88 valence electrons. The van der Waals surface area contributed by atoms with Crippen molar-refractivity contribution in [1.29, 1.82) is 0 Å². The highest BCUT2D eigenvalue weighted by Crippen LogP contribution is 2.13. The van der Waals surface area contributed by atoms with Crippen LogP contribution in [0.5, 0.6) is 0 Å². The van der Waals surface area contributed by atoms with E-state index in [9.17, 15) is 4.79 Å². The number of para-hydroxylation sites is 1. The van der Waals surface area contributed by atoms with Crippen LogP contribution in [0.25, 0.3) is 10.9 Å². The molecule has 0 fully saturated rings. The quantitative estimate of drug-likeness (QED) is 0.807. The molecule has 0 bridgehead atoms. The first-order chi connectivity index (χ1) is 8.20. The molecule has 4 nitrogen and oxygen atoms in total. The van der Waals surface area contributed by atoms with Crippen LogP contribution in [0.1, 0.15) is 5.56 Å². The van der Waals surface area contributed by atoms with E-state index in [-0.39, 0.29) is 0 Å². The lowest BCUT2D eigenvalue weighted by molar-refractivity contribution is -0.142. The first kappa shape index (κ1) is 11.5. The van der Waals surface area contributed by atoms with Crippen LogP contribution in [-0.2, 0) is 16.0 Å². The van der Waals surface area contributed by atoms with Crippen molar-refractivity contribution in [2.75, 3.05) is 7.11 Å². The van der Waals surface area contributed by atoms with Crippen LogP contribution < -0.4 is 5.73 Å². The zero-order chi connectivity index (χ0) is 12.3. The van der Waals surface area contributed by atoms with E-state index in [1.165, 1.54) is 7.11 Å². The summed E-state index contributed by atoms with van der Waals surface area (Å²) in [5.41, 5.74) is 7.57. The van der Waals surface area contributed by atoms with E-state index < -0.39 is 12.0 Å².